The summed E-state index contributed by atoms with van der Waals surface area (Å²) in [4.78, 5) is 29.9. The van der Waals surface area contributed by atoms with Crippen molar-refractivity contribution < 1.29 is 38.0 Å². The van der Waals surface area contributed by atoms with Crippen molar-refractivity contribution in [2.75, 3.05) is 52.9 Å². The number of nitrogens with zero attached hydrogens (tertiary/aromatic N) is 1. The monoisotopic (exact) mass is 602 g/mol. The summed E-state index contributed by atoms with van der Waals surface area (Å²) >= 11 is 0. The summed E-state index contributed by atoms with van der Waals surface area (Å²) in [5.74, 6) is 2.39. The predicted molar refractivity (Wildman–Crippen MR) is 167 cm³/mol. The third-order valence-corrected chi connectivity index (χ3v) is 8.22. The van der Waals surface area contributed by atoms with E-state index in [1.54, 1.807) is 52.6 Å². The molecule has 2 unspecified atom stereocenters. The minimum absolute atomic E-state index is 0.0852. The molecule has 1 aliphatic carbocycles. The molecule has 0 radical (unpaired) electrons. The standard InChI is InChI=1S/C34H38N2O8/c1-8-30(38)36-24-12-10-9-11-22(24)35-23-13-19(20-15-26(39-2)33(43-6)27(16-20)40-3)14-25(37)31(23)32(36)21-17-28(41-4)34(44-7)29(18-21)42-5/h9-12,15-19,32,35H,8,13-14H2,1-7H3. The molecule has 1 aliphatic heterocycles. The van der Waals surface area contributed by atoms with E-state index in [0.717, 1.165) is 16.9 Å². The minimum Gasteiger partial charge on any atom is -0.493 e. The molecule has 1 heterocycles. The number of carbonyl (C=O) groups is 2. The highest BCUT2D eigenvalue weighted by Gasteiger charge is 2.42. The van der Waals surface area contributed by atoms with E-state index in [4.69, 9.17) is 28.4 Å². The Morgan fingerprint density at radius 2 is 1.30 bits per heavy atom. The summed E-state index contributed by atoms with van der Waals surface area (Å²) in [6.07, 6.45) is 0.952. The summed E-state index contributed by atoms with van der Waals surface area (Å²) in [6.45, 7) is 1.81. The molecule has 3 aromatic carbocycles. The molecule has 5 rings (SSSR count). The Hall–Kier alpha value is -4.86. The van der Waals surface area contributed by atoms with Gasteiger partial charge in [0.1, 0.15) is 0 Å². The molecule has 232 valence electrons. The first-order valence-corrected chi connectivity index (χ1v) is 14.4. The molecule has 3 aromatic rings. The Balaban J connectivity index is 1.74. The zero-order chi connectivity index (χ0) is 31.5. The van der Waals surface area contributed by atoms with Crippen LogP contribution in [0.15, 0.2) is 59.8 Å². The highest BCUT2D eigenvalue weighted by Crippen LogP contribution is 2.51. The van der Waals surface area contributed by atoms with Gasteiger partial charge in [0.05, 0.1) is 60.1 Å². The fourth-order valence-electron chi connectivity index (χ4n) is 6.18. The van der Waals surface area contributed by atoms with Gasteiger partial charge in [-0.1, -0.05) is 19.1 Å². The molecular formula is C34H38N2O8. The zero-order valence-corrected chi connectivity index (χ0v) is 26.1. The van der Waals surface area contributed by atoms with Crippen molar-refractivity contribution in [3.05, 3.63) is 70.9 Å². The van der Waals surface area contributed by atoms with Crippen LogP contribution in [0.25, 0.3) is 0 Å². The van der Waals surface area contributed by atoms with Gasteiger partial charge in [0, 0.05) is 24.1 Å². The number of hydrogen-bond acceptors (Lipinski definition) is 9. The predicted octanol–water partition coefficient (Wildman–Crippen LogP) is 6.05. The Labute approximate surface area is 257 Å². The number of ketones is 1. The number of fused-ring (bicyclic) bond motifs is 1. The van der Waals surface area contributed by atoms with Crippen molar-refractivity contribution in [2.24, 2.45) is 0 Å². The van der Waals surface area contributed by atoms with Crippen LogP contribution in [0.3, 0.4) is 0 Å². The lowest BCUT2D eigenvalue weighted by molar-refractivity contribution is -0.119. The van der Waals surface area contributed by atoms with Crippen molar-refractivity contribution >= 4 is 23.1 Å². The largest absolute Gasteiger partial charge is 0.493 e. The van der Waals surface area contributed by atoms with Gasteiger partial charge in [-0.15, -0.1) is 0 Å². The normalized spacial score (nSPS) is 17.5. The van der Waals surface area contributed by atoms with Crippen LogP contribution < -0.4 is 38.6 Å². The second-order valence-electron chi connectivity index (χ2n) is 10.5. The van der Waals surface area contributed by atoms with E-state index in [1.807, 2.05) is 43.3 Å². The van der Waals surface area contributed by atoms with Crippen molar-refractivity contribution in [3.63, 3.8) is 0 Å². The number of anilines is 2. The molecule has 0 saturated heterocycles. The SMILES string of the molecule is CCC(=O)N1c2ccccc2NC2=C(C(=O)CC(c3cc(OC)c(OC)c(OC)c3)C2)C1c1cc(OC)c(OC)c(OC)c1. The Bertz CT molecular complexity index is 1560. The van der Waals surface area contributed by atoms with Crippen molar-refractivity contribution in [1.82, 2.24) is 0 Å². The second kappa shape index (κ2) is 12.8. The molecule has 10 heteroatoms. The first-order chi connectivity index (χ1) is 21.3. The van der Waals surface area contributed by atoms with Crippen LogP contribution in [0.4, 0.5) is 11.4 Å². The van der Waals surface area contributed by atoms with Crippen LogP contribution in [0.5, 0.6) is 34.5 Å². The van der Waals surface area contributed by atoms with E-state index in [9.17, 15) is 9.59 Å². The molecule has 10 nitrogen and oxygen atoms in total. The van der Waals surface area contributed by atoms with Gasteiger partial charge in [-0.2, -0.15) is 0 Å². The van der Waals surface area contributed by atoms with Gasteiger partial charge < -0.3 is 33.7 Å². The van der Waals surface area contributed by atoms with E-state index < -0.39 is 6.04 Å². The Morgan fingerprint density at radius 1 is 0.773 bits per heavy atom. The second-order valence-corrected chi connectivity index (χ2v) is 10.5. The van der Waals surface area contributed by atoms with E-state index in [0.29, 0.717) is 57.7 Å². The topological polar surface area (TPSA) is 105 Å². The van der Waals surface area contributed by atoms with Crippen LogP contribution in [0.2, 0.25) is 0 Å². The van der Waals surface area contributed by atoms with E-state index in [1.165, 1.54) is 7.11 Å². The molecule has 1 amide bonds. The average molecular weight is 603 g/mol. The van der Waals surface area contributed by atoms with E-state index in [-0.39, 0.29) is 30.4 Å². The highest BCUT2D eigenvalue weighted by molar-refractivity contribution is 6.06. The number of para-hydroxylation sites is 2. The van der Waals surface area contributed by atoms with E-state index >= 15 is 0 Å². The highest BCUT2D eigenvalue weighted by atomic mass is 16.5. The van der Waals surface area contributed by atoms with Gasteiger partial charge in [-0.25, -0.2) is 0 Å². The molecular weight excluding hydrogens is 564 g/mol. The maximum atomic E-state index is 14.4. The number of nitrogens with one attached hydrogen (secondary N) is 1. The van der Waals surface area contributed by atoms with Gasteiger partial charge in [-0.05, 0) is 59.9 Å². The summed E-state index contributed by atoms with van der Waals surface area (Å²) in [5.41, 5.74) is 4.19. The summed E-state index contributed by atoms with van der Waals surface area (Å²) in [5, 5.41) is 3.55. The number of hydrogen-bond donors (Lipinski definition) is 1. The van der Waals surface area contributed by atoms with Crippen LogP contribution >= 0.6 is 0 Å². The fraction of sp³-hybridized carbons (Fsp3) is 0.353. The van der Waals surface area contributed by atoms with Gasteiger partial charge in [0.25, 0.3) is 0 Å². The number of rotatable bonds is 9. The van der Waals surface area contributed by atoms with Crippen molar-refractivity contribution in [1.29, 1.82) is 0 Å². The lowest BCUT2D eigenvalue weighted by atomic mass is 9.78. The molecule has 0 fully saturated rings. The van der Waals surface area contributed by atoms with Crippen LogP contribution in [0, 0.1) is 0 Å². The van der Waals surface area contributed by atoms with Gasteiger partial charge >= 0.3 is 0 Å². The lowest BCUT2D eigenvalue weighted by Crippen LogP contribution is -2.38. The summed E-state index contributed by atoms with van der Waals surface area (Å²) < 4.78 is 33.6. The smallest absolute Gasteiger partial charge is 0.227 e. The molecule has 0 saturated carbocycles. The average Bonchev–Trinajstić information content (AvgIpc) is 3.21. The van der Waals surface area contributed by atoms with Crippen molar-refractivity contribution in [3.8, 4) is 34.5 Å². The number of ether oxygens (including phenoxy) is 6. The zero-order valence-electron chi connectivity index (χ0n) is 26.1. The molecule has 1 N–H and O–H groups in total. The number of amides is 1. The number of benzene rings is 3. The molecule has 44 heavy (non-hydrogen) atoms. The van der Waals surface area contributed by atoms with E-state index in [2.05, 4.69) is 5.32 Å². The van der Waals surface area contributed by atoms with Gasteiger partial charge in [0.2, 0.25) is 17.4 Å². The first-order valence-electron chi connectivity index (χ1n) is 14.4. The maximum absolute atomic E-state index is 14.4. The number of carbonyl (C=O) groups excluding carboxylic acids is 2. The first kappa shape index (κ1) is 30.6. The van der Waals surface area contributed by atoms with Crippen molar-refractivity contribution in [2.45, 2.75) is 38.1 Å². The number of allylic oxidation sites excluding steroid dienone is 1. The number of Topliss-reactive ketones (excluding diaryl/α,β-unsaturated/α-hetero) is 1. The minimum atomic E-state index is -0.754. The quantitative estimate of drug-likeness (QED) is 0.313. The Kier molecular flexibility index (Phi) is 8.89. The number of methoxy groups -OCH3 is 6. The maximum Gasteiger partial charge on any atom is 0.227 e. The fourth-order valence-corrected chi connectivity index (χ4v) is 6.18. The van der Waals surface area contributed by atoms with Gasteiger partial charge in [0.15, 0.2) is 28.8 Å². The van der Waals surface area contributed by atoms with Gasteiger partial charge in [-0.3, -0.25) is 14.5 Å². The lowest BCUT2D eigenvalue weighted by Gasteiger charge is -2.35. The molecule has 0 aromatic heterocycles. The summed E-state index contributed by atoms with van der Waals surface area (Å²) in [6, 6.07) is 14.2. The van der Waals surface area contributed by atoms with Crippen LogP contribution in [0.1, 0.15) is 49.3 Å². The Morgan fingerprint density at radius 3 is 1.80 bits per heavy atom. The molecule has 2 atom stereocenters. The molecule has 0 spiro atoms. The molecule has 0 bridgehead atoms. The summed E-state index contributed by atoms with van der Waals surface area (Å²) in [7, 11) is 9.31. The third kappa shape index (κ3) is 5.25. The van der Waals surface area contributed by atoms with Crippen LogP contribution in [-0.4, -0.2) is 54.3 Å². The molecule has 2 aliphatic rings. The third-order valence-electron chi connectivity index (χ3n) is 8.22. The van der Waals surface area contributed by atoms with Crippen LogP contribution in [-0.2, 0) is 9.59 Å².